The molecule has 0 fully saturated rings. The van der Waals surface area contributed by atoms with Crippen LogP contribution in [0.1, 0.15) is 18.1 Å². The van der Waals surface area contributed by atoms with Crippen molar-refractivity contribution in [1.29, 1.82) is 0 Å². The van der Waals surface area contributed by atoms with Crippen LogP contribution in [0.25, 0.3) is 0 Å². The molecule has 1 amide bonds. The zero-order chi connectivity index (χ0) is 16.5. The number of carbonyl (C=O) groups is 1. The first-order chi connectivity index (χ1) is 11.2. The number of nitrogens with zero attached hydrogens (tertiary/aromatic N) is 1. The number of ether oxygens (including phenoxy) is 2. The van der Waals surface area contributed by atoms with E-state index >= 15 is 0 Å². The highest BCUT2D eigenvalue weighted by Gasteiger charge is 2.03. The first-order valence-electron chi connectivity index (χ1n) is 7.43. The first kappa shape index (κ1) is 16.5. The summed E-state index contributed by atoms with van der Waals surface area (Å²) in [7, 11) is 0. The molecule has 0 heterocycles. The summed E-state index contributed by atoms with van der Waals surface area (Å²) in [5.41, 5.74) is 4.22. The predicted octanol–water partition coefficient (Wildman–Crippen LogP) is 2.92. The Morgan fingerprint density at radius 1 is 1.09 bits per heavy atom. The Balaban J connectivity index is 1.86. The van der Waals surface area contributed by atoms with E-state index in [0.717, 1.165) is 16.9 Å². The molecule has 5 nitrogen and oxygen atoms in total. The third-order valence-electron chi connectivity index (χ3n) is 3.06. The van der Waals surface area contributed by atoms with Crippen LogP contribution in [-0.4, -0.2) is 25.3 Å². The normalized spacial score (nSPS) is 10.5. The molecular weight excluding hydrogens is 292 g/mol. The highest BCUT2D eigenvalue weighted by atomic mass is 16.5. The molecule has 1 N–H and O–H groups in total. The molecule has 0 aliphatic rings. The topological polar surface area (TPSA) is 59.9 Å². The van der Waals surface area contributed by atoms with Crippen molar-refractivity contribution in [2.75, 3.05) is 13.2 Å². The van der Waals surface area contributed by atoms with Crippen LogP contribution in [-0.2, 0) is 4.79 Å². The van der Waals surface area contributed by atoms with Gasteiger partial charge in [0.05, 0.1) is 12.8 Å². The summed E-state index contributed by atoms with van der Waals surface area (Å²) >= 11 is 0. The fourth-order valence-corrected chi connectivity index (χ4v) is 1.94. The molecule has 2 aromatic rings. The van der Waals surface area contributed by atoms with Gasteiger partial charge in [-0.05, 0) is 37.6 Å². The van der Waals surface area contributed by atoms with Gasteiger partial charge in [0.1, 0.15) is 11.5 Å². The first-order valence-corrected chi connectivity index (χ1v) is 7.43. The van der Waals surface area contributed by atoms with Gasteiger partial charge in [-0.2, -0.15) is 5.10 Å². The summed E-state index contributed by atoms with van der Waals surface area (Å²) in [6, 6.07) is 15.0. The van der Waals surface area contributed by atoms with E-state index in [1.54, 1.807) is 6.21 Å². The molecule has 0 unspecified atom stereocenters. The van der Waals surface area contributed by atoms with Crippen LogP contribution in [0.2, 0.25) is 0 Å². The smallest absolute Gasteiger partial charge is 0.277 e. The van der Waals surface area contributed by atoms with Crippen LogP contribution in [0.3, 0.4) is 0 Å². The van der Waals surface area contributed by atoms with Crippen molar-refractivity contribution in [2.24, 2.45) is 5.10 Å². The van der Waals surface area contributed by atoms with E-state index in [-0.39, 0.29) is 12.5 Å². The molecule has 0 atom stereocenters. The molecule has 23 heavy (non-hydrogen) atoms. The maximum atomic E-state index is 11.7. The number of carbonyl (C=O) groups excluding carboxylic acids is 1. The Morgan fingerprint density at radius 2 is 1.78 bits per heavy atom. The Morgan fingerprint density at radius 3 is 2.52 bits per heavy atom. The molecule has 2 rings (SSSR count). The second kappa shape index (κ2) is 8.58. The van der Waals surface area contributed by atoms with Gasteiger partial charge in [0, 0.05) is 5.56 Å². The highest BCUT2D eigenvalue weighted by molar-refractivity contribution is 5.85. The molecule has 0 saturated carbocycles. The fraction of sp³-hybridized carbons (Fsp3) is 0.222. The Labute approximate surface area is 135 Å². The van der Waals surface area contributed by atoms with Crippen molar-refractivity contribution >= 4 is 12.1 Å². The van der Waals surface area contributed by atoms with E-state index in [0.29, 0.717) is 12.4 Å². The lowest BCUT2D eigenvalue weighted by molar-refractivity contribution is -0.123. The molecule has 0 bridgehead atoms. The number of hydrogen-bond donors (Lipinski definition) is 1. The van der Waals surface area contributed by atoms with Gasteiger partial charge in [-0.3, -0.25) is 4.79 Å². The summed E-state index contributed by atoms with van der Waals surface area (Å²) in [5.74, 6) is 1.09. The van der Waals surface area contributed by atoms with Gasteiger partial charge >= 0.3 is 0 Å². The number of nitrogens with one attached hydrogen (secondary N) is 1. The number of benzene rings is 2. The quantitative estimate of drug-likeness (QED) is 0.631. The van der Waals surface area contributed by atoms with E-state index in [1.165, 1.54) is 0 Å². The average Bonchev–Trinajstić information content (AvgIpc) is 2.56. The van der Waals surface area contributed by atoms with Crippen LogP contribution >= 0.6 is 0 Å². The minimum Gasteiger partial charge on any atom is -0.493 e. The molecule has 0 saturated heterocycles. The lowest BCUT2D eigenvalue weighted by atomic mass is 10.2. The standard InChI is InChI=1S/C18H20N2O3/c1-3-22-17-11-7-5-9-15(17)12-19-20-18(21)13-23-16-10-6-4-8-14(16)2/h4-12H,3,13H2,1-2H3,(H,20,21). The van der Waals surface area contributed by atoms with Crippen molar-refractivity contribution in [3.8, 4) is 11.5 Å². The van der Waals surface area contributed by atoms with Crippen molar-refractivity contribution in [1.82, 2.24) is 5.43 Å². The van der Waals surface area contributed by atoms with Crippen LogP contribution in [0.5, 0.6) is 11.5 Å². The van der Waals surface area contributed by atoms with Crippen molar-refractivity contribution in [3.63, 3.8) is 0 Å². The monoisotopic (exact) mass is 312 g/mol. The largest absolute Gasteiger partial charge is 0.493 e. The summed E-state index contributed by atoms with van der Waals surface area (Å²) in [4.78, 5) is 11.7. The Bertz CT molecular complexity index is 683. The average molecular weight is 312 g/mol. The van der Waals surface area contributed by atoms with E-state index in [4.69, 9.17) is 9.47 Å². The van der Waals surface area contributed by atoms with E-state index in [2.05, 4.69) is 10.5 Å². The van der Waals surface area contributed by atoms with Crippen molar-refractivity contribution in [2.45, 2.75) is 13.8 Å². The molecule has 5 heteroatoms. The third kappa shape index (κ3) is 5.14. The minimum absolute atomic E-state index is 0.0880. The lowest BCUT2D eigenvalue weighted by Gasteiger charge is -2.08. The second-order valence-electron chi connectivity index (χ2n) is 4.82. The van der Waals surface area contributed by atoms with E-state index < -0.39 is 0 Å². The molecule has 2 aromatic carbocycles. The number of hydrazone groups is 1. The number of aryl methyl sites for hydroxylation is 1. The maximum Gasteiger partial charge on any atom is 0.277 e. The van der Waals surface area contributed by atoms with Gasteiger partial charge in [0.15, 0.2) is 6.61 Å². The zero-order valence-electron chi connectivity index (χ0n) is 13.3. The van der Waals surface area contributed by atoms with Gasteiger partial charge in [-0.25, -0.2) is 5.43 Å². The maximum absolute atomic E-state index is 11.7. The molecular formula is C18H20N2O3. The van der Waals surface area contributed by atoms with Gasteiger partial charge < -0.3 is 9.47 Å². The molecule has 0 aromatic heterocycles. The van der Waals surface area contributed by atoms with Crippen molar-refractivity contribution in [3.05, 3.63) is 59.7 Å². The van der Waals surface area contributed by atoms with Crippen LogP contribution in [0, 0.1) is 6.92 Å². The molecule has 0 aliphatic heterocycles. The number of hydrogen-bond acceptors (Lipinski definition) is 4. The van der Waals surface area contributed by atoms with E-state index in [1.807, 2.05) is 62.4 Å². The fourth-order valence-electron chi connectivity index (χ4n) is 1.94. The summed E-state index contributed by atoms with van der Waals surface area (Å²) in [6.07, 6.45) is 1.55. The Kier molecular flexibility index (Phi) is 6.17. The van der Waals surface area contributed by atoms with Crippen LogP contribution in [0.4, 0.5) is 0 Å². The molecule has 120 valence electrons. The predicted molar refractivity (Wildman–Crippen MR) is 90.0 cm³/mol. The van der Waals surface area contributed by atoms with Gasteiger partial charge in [0.25, 0.3) is 5.91 Å². The van der Waals surface area contributed by atoms with E-state index in [9.17, 15) is 4.79 Å². The minimum atomic E-state index is -0.321. The lowest BCUT2D eigenvalue weighted by Crippen LogP contribution is -2.24. The zero-order valence-corrected chi connectivity index (χ0v) is 13.3. The number of rotatable bonds is 7. The second-order valence-corrected chi connectivity index (χ2v) is 4.82. The number of amides is 1. The highest BCUT2D eigenvalue weighted by Crippen LogP contribution is 2.16. The van der Waals surface area contributed by atoms with Crippen LogP contribution in [0.15, 0.2) is 53.6 Å². The number of para-hydroxylation sites is 2. The summed E-state index contributed by atoms with van der Waals surface area (Å²) < 4.78 is 10.9. The Hall–Kier alpha value is -2.82. The SMILES string of the molecule is CCOc1ccccc1C=NNC(=O)COc1ccccc1C. The molecule has 0 spiro atoms. The van der Waals surface area contributed by atoms with Gasteiger partial charge in [-0.15, -0.1) is 0 Å². The third-order valence-corrected chi connectivity index (χ3v) is 3.06. The van der Waals surface area contributed by atoms with Crippen molar-refractivity contribution < 1.29 is 14.3 Å². The van der Waals surface area contributed by atoms with Gasteiger partial charge in [0.2, 0.25) is 0 Å². The molecule has 0 radical (unpaired) electrons. The van der Waals surface area contributed by atoms with Gasteiger partial charge in [-0.1, -0.05) is 30.3 Å². The summed E-state index contributed by atoms with van der Waals surface area (Å²) in [6.45, 7) is 4.32. The van der Waals surface area contributed by atoms with Crippen LogP contribution < -0.4 is 14.9 Å². The molecule has 0 aliphatic carbocycles. The summed E-state index contributed by atoms with van der Waals surface area (Å²) in [5, 5.41) is 3.93.